The van der Waals surface area contributed by atoms with Crippen molar-refractivity contribution in [1.29, 1.82) is 0 Å². The molecule has 1 aliphatic rings. The van der Waals surface area contributed by atoms with Crippen molar-refractivity contribution in [2.45, 2.75) is 38.9 Å². The predicted molar refractivity (Wildman–Crippen MR) is 85.3 cm³/mol. The van der Waals surface area contributed by atoms with Crippen molar-refractivity contribution in [1.82, 2.24) is 10.3 Å². The maximum atomic E-state index is 4.76. The van der Waals surface area contributed by atoms with Gasteiger partial charge in [0.25, 0.3) is 0 Å². The van der Waals surface area contributed by atoms with Crippen LogP contribution in [0.4, 0.5) is 5.82 Å². The Bertz CT molecular complexity index is 561. The van der Waals surface area contributed by atoms with Gasteiger partial charge in [0, 0.05) is 23.2 Å². The number of nitrogens with one attached hydrogen (secondary N) is 1. The van der Waals surface area contributed by atoms with Crippen LogP contribution in [-0.2, 0) is 13.1 Å². The van der Waals surface area contributed by atoms with Gasteiger partial charge >= 0.3 is 0 Å². The third-order valence-corrected chi connectivity index (χ3v) is 4.43. The Morgan fingerprint density at radius 3 is 2.90 bits per heavy atom. The molecule has 0 saturated heterocycles. The summed E-state index contributed by atoms with van der Waals surface area (Å²) in [6, 6.07) is 9.41. The van der Waals surface area contributed by atoms with E-state index in [1.807, 2.05) is 18.4 Å². The van der Waals surface area contributed by atoms with Gasteiger partial charge in [-0.25, -0.2) is 4.98 Å². The fourth-order valence-electron chi connectivity index (χ4n) is 2.53. The Hall–Kier alpha value is -1.39. The van der Waals surface area contributed by atoms with Crippen LogP contribution in [-0.4, -0.2) is 18.1 Å². The van der Waals surface area contributed by atoms with Crippen LogP contribution in [0.3, 0.4) is 0 Å². The van der Waals surface area contributed by atoms with Gasteiger partial charge in [0.05, 0.1) is 6.54 Å². The fraction of sp³-hybridized carbons (Fsp3) is 0.438. The van der Waals surface area contributed by atoms with Gasteiger partial charge in [-0.3, -0.25) is 0 Å². The summed E-state index contributed by atoms with van der Waals surface area (Å²) in [7, 11) is 1.99. The molecule has 2 heterocycles. The zero-order valence-electron chi connectivity index (χ0n) is 12.1. The van der Waals surface area contributed by atoms with E-state index in [1.54, 1.807) is 0 Å². The Morgan fingerprint density at radius 1 is 1.40 bits per heavy atom. The minimum Gasteiger partial charge on any atom is -0.348 e. The molecule has 0 aliphatic heterocycles. The van der Waals surface area contributed by atoms with Crippen molar-refractivity contribution in [3.63, 3.8) is 0 Å². The lowest BCUT2D eigenvalue weighted by Gasteiger charge is -2.24. The monoisotopic (exact) mass is 287 g/mol. The van der Waals surface area contributed by atoms with Gasteiger partial charge in [-0.1, -0.05) is 6.07 Å². The number of anilines is 1. The summed E-state index contributed by atoms with van der Waals surface area (Å²) < 4.78 is 0. The number of nitrogens with zero attached hydrogens (tertiary/aromatic N) is 2. The first kappa shape index (κ1) is 13.6. The number of rotatable bonds is 6. The van der Waals surface area contributed by atoms with Gasteiger partial charge in [-0.2, -0.15) is 0 Å². The number of aromatic nitrogens is 1. The van der Waals surface area contributed by atoms with E-state index in [9.17, 15) is 0 Å². The first-order chi connectivity index (χ1) is 9.76. The van der Waals surface area contributed by atoms with Crippen LogP contribution in [0.5, 0.6) is 0 Å². The van der Waals surface area contributed by atoms with E-state index in [4.69, 9.17) is 4.98 Å². The van der Waals surface area contributed by atoms with Crippen molar-refractivity contribution >= 4 is 17.2 Å². The molecule has 1 saturated carbocycles. The van der Waals surface area contributed by atoms with E-state index in [0.717, 1.165) is 24.6 Å². The van der Waals surface area contributed by atoms with E-state index in [0.29, 0.717) is 6.04 Å². The second-order valence-corrected chi connectivity index (χ2v) is 6.48. The Labute approximate surface area is 124 Å². The second kappa shape index (κ2) is 5.94. The molecule has 106 valence electrons. The topological polar surface area (TPSA) is 28.2 Å². The number of thiophene rings is 1. The van der Waals surface area contributed by atoms with E-state index in [2.05, 4.69) is 46.8 Å². The van der Waals surface area contributed by atoms with Gasteiger partial charge in [0.2, 0.25) is 0 Å². The molecule has 0 amide bonds. The van der Waals surface area contributed by atoms with E-state index >= 15 is 0 Å². The molecular weight excluding hydrogens is 266 g/mol. The van der Waals surface area contributed by atoms with Crippen molar-refractivity contribution in [2.24, 2.45) is 0 Å². The van der Waals surface area contributed by atoms with Crippen LogP contribution >= 0.6 is 11.3 Å². The molecule has 3 rings (SSSR count). The fourth-order valence-corrected chi connectivity index (χ4v) is 3.23. The molecule has 0 atom stereocenters. The standard InChI is InChI=1S/C16H21N3S/c1-12-8-13(10-17-2)9-16(18-12)19(14-5-6-14)11-15-4-3-7-20-15/h3-4,7-9,14,17H,5-6,10-11H2,1-2H3. The zero-order valence-corrected chi connectivity index (χ0v) is 12.9. The largest absolute Gasteiger partial charge is 0.348 e. The molecule has 0 bridgehead atoms. The summed E-state index contributed by atoms with van der Waals surface area (Å²) in [5, 5.41) is 5.37. The SMILES string of the molecule is CNCc1cc(C)nc(N(Cc2cccs2)C2CC2)c1. The number of hydrogen-bond acceptors (Lipinski definition) is 4. The highest BCUT2D eigenvalue weighted by atomic mass is 32.1. The van der Waals surface area contributed by atoms with Crippen LogP contribution in [0.15, 0.2) is 29.6 Å². The van der Waals surface area contributed by atoms with E-state index < -0.39 is 0 Å². The zero-order chi connectivity index (χ0) is 13.9. The summed E-state index contributed by atoms with van der Waals surface area (Å²) in [6.07, 6.45) is 2.59. The first-order valence-electron chi connectivity index (χ1n) is 7.17. The lowest BCUT2D eigenvalue weighted by molar-refractivity contribution is 0.772. The molecule has 1 aliphatic carbocycles. The first-order valence-corrected chi connectivity index (χ1v) is 8.05. The smallest absolute Gasteiger partial charge is 0.129 e. The van der Waals surface area contributed by atoms with Crippen molar-refractivity contribution in [2.75, 3.05) is 11.9 Å². The summed E-state index contributed by atoms with van der Waals surface area (Å²) in [4.78, 5) is 8.64. The normalized spacial score (nSPS) is 14.5. The van der Waals surface area contributed by atoms with Crippen LogP contribution in [0.25, 0.3) is 0 Å². The summed E-state index contributed by atoms with van der Waals surface area (Å²) in [5.41, 5.74) is 2.41. The summed E-state index contributed by atoms with van der Waals surface area (Å²) in [6.45, 7) is 3.96. The molecular formula is C16H21N3S. The van der Waals surface area contributed by atoms with Crippen LogP contribution in [0.2, 0.25) is 0 Å². The minimum absolute atomic E-state index is 0.675. The van der Waals surface area contributed by atoms with Crippen LogP contribution < -0.4 is 10.2 Å². The predicted octanol–water partition coefficient (Wildman–Crippen LogP) is 3.34. The third-order valence-electron chi connectivity index (χ3n) is 3.57. The molecule has 0 spiro atoms. The molecule has 2 aromatic rings. The van der Waals surface area contributed by atoms with Gasteiger partial charge in [-0.15, -0.1) is 11.3 Å². The van der Waals surface area contributed by atoms with Crippen LogP contribution in [0.1, 0.15) is 29.0 Å². The lowest BCUT2D eigenvalue weighted by Crippen LogP contribution is -2.26. The highest BCUT2D eigenvalue weighted by Gasteiger charge is 2.30. The Kier molecular flexibility index (Phi) is 4.03. The molecule has 0 aromatic carbocycles. The number of hydrogen-bond donors (Lipinski definition) is 1. The summed E-state index contributed by atoms with van der Waals surface area (Å²) in [5.74, 6) is 1.13. The third kappa shape index (κ3) is 3.19. The second-order valence-electron chi connectivity index (χ2n) is 5.44. The Balaban J connectivity index is 1.86. The van der Waals surface area contributed by atoms with Crippen molar-refractivity contribution in [3.05, 3.63) is 45.8 Å². The van der Waals surface area contributed by atoms with E-state index in [-0.39, 0.29) is 0 Å². The Morgan fingerprint density at radius 2 is 2.25 bits per heavy atom. The van der Waals surface area contributed by atoms with Gasteiger partial charge in [0.1, 0.15) is 5.82 Å². The quantitative estimate of drug-likeness (QED) is 0.883. The van der Waals surface area contributed by atoms with Crippen LogP contribution in [0, 0.1) is 6.92 Å². The molecule has 1 fully saturated rings. The molecule has 0 radical (unpaired) electrons. The number of pyridine rings is 1. The molecule has 1 N–H and O–H groups in total. The average molecular weight is 287 g/mol. The van der Waals surface area contributed by atoms with Gasteiger partial charge < -0.3 is 10.2 Å². The summed E-state index contributed by atoms with van der Waals surface area (Å²) >= 11 is 1.83. The number of aryl methyl sites for hydroxylation is 1. The molecule has 4 heteroatoms. The highest BCUT2D eigenvalue weighted by molar-refractivity contribution is 7.09. The molecule has 3 nitrogen and oxygen atoms in total. The minimum atomic E-state index is 0.675. The average Bonchev–Trinajstić information content (AvgIpc) is 3.12. The van der Waals surface area contributed by atoms with E-state index in [1.165, 1.54) is 23.3 Å². The van der Waals surface area contributed by atoms with Crippen molar-refractivity contribution in [3.8, 4) is 0 Å². The molecule has 0 unspecified atom stereocenters. The van der Waals surface area contributed by atoms with Gasteiger partial charge in [-0.05, 0) is 56.0 Å². The molecule has 20 heavy (non-hydrogen) atoms. The maximum absolute atomic E-state index is 4.76. The maximum Gasteiger partial charge on any atom is 0.129 e. The molecule has 2 aromatic heterocycles. The van der Waals surface area contributed by atoms with Gasteiger partial charge in [0.15, 0.2) is 0 Å². The van der Waals surface area contributed by atoms with Crippen molar-refractivity contribution < 1.29 is 0 Å². The highest BCUT2D eigenvalue weighted by Crippen LogP contribution is 2.33. The lowest BCUT2D eigenvalue weighted by atomic mass is 10.2.